The molecule has 0 spiro atoms. The predicted octanol–water partition coefficient (Wildman–Crippen LogP) is -2.31. The lowest BCUT2D eigenvalue weighted by molar-refractivity contribution is -0.139. The first-order chi connectivity index (χ1) is 14.0. The summed E-state index contributed by atoms with van der Waals surface area (Å²) < 4.78 is 26.0. The molecule has 0 radical (unpaired) electrons. The summed E-state index contributed by atoms with van der Waals surface area (Å²) in [6.45, 7) is 1.95. The Kier molecular flexibility index (Phi) is 6.00. The molecule has 3 aliphatic rings. The molecule has 2 bridgehead atoms. The molecular formula is C14H21N8O6S-. The highest BCUT2D eigenvalue weighted by Crippen LogP contribution is 2.30. The molecule has 3 unspecified atom stereocenters. The predicted molar refractivity (Wildman–Crippen MR) is 92.6 cm³/mol. The molecule has 1 aromatic heterocycles. The smallest absolute Gasteiger partial charge is 0.346 e. The van der Waals surface area contributed by atoms with Gasteiger partial charge in [-0.2, -0.15) is 14.1 Å². The molecule has 3 amide bonds. The van der Waals surface area contributed by atoms with E-state index in [2.05, 4.69) is 30.5 Å². The van der Waals surface area contributed by atoms with Crippen molar-refractivity contribution in [3.8, 4) is 0 Å². The minimum Gasteiger partial charge on any atom is -0.748 e. The van der Waals surface area contributed by atoms with E-state index in [9.17, 15) is 18.4 Å². The molecule has 15 heteroatoms. The zero-order chi connectivity index (χ0) is 20.4. The largest absolute Gasteiger partial charge is 0.748 e. The lowest BCUT2D eigenvalue weighted by Crippen LogP contribution is -2.50. The summed E-state index contributed by atoms with van der Waals surface area (Å²) in [4.78, 5) is 32.9. The fourth-order valence-electron chi connectivity index (χ4n) is 4.02. The van der Waals surface area contributed by atoms with E-state index >= 15 is 0 Å². The number of hydroxylamine groups is 3. The second-order valence-electron chi connectivity index (χ2n) is 7.26. The first kappa shape index (κ1) is 20.1. The Labute approximate surface area is 168 Å². The molecule has 4 heterocycles. The number of carbonyl (C=O) groups excluding carboxylic acids is 2. The fourth-order valence-corrected chi connectivity index (χ4v) is 4.34. The van der Waals surface area contributed by atoms with Crippen LogP contribution < -0.4 is 10.8 Å². The zero-order valence-corrected chi connectivity index (χ0v) is 16.2. The number of carbonyl (C=O) groups is 2. The normalized spacial score (nSPS) is 30.0. The van der Waals surface area contributed by atoms with Gasteiger partial charge in [-0.3, -0.25) is 9.63 Å². The Bertz CT molecular complexity index is 765. The average Bonchev–Trinajstić information content (AvgIpc) is 3.41. The summed E-state index contributed by atoms with van der Waals surface area (Å²) in [7, 11) is 0. The number of aromatic nitrogens is 4. The Balaban J connectivity index is 1.20. The van der Waals surface area contributed by atoms with Gasteiger partial charge in [0.1, 0.15) is 17.4 Å². The van der Waals surface area contributed by atoms with E-state index in [1.54, 1.807) is 0 Å². The maximum atomic E-state index is 12.5. The topological polar surface area (TPSA) is 167 Å². The summed E-state index contributed by atoms with van der Waals surface area (Å²) in [6, 6.07) is -1.68. The molecule has 3 aliphatic heterocycles. The summed E-state index contributed by atoms with van der Waals surface area (Å²) >= 11 is -2.84. The molecule has 1 aromatic rings. The molecule has 5 atom stereocenters. The Hall–Kier alpha value is -2.20. The van der Waals surface area contributed by atoms with Crippen molar-refractivity contribution in [3.05, 3.63) is 6.33 Å². The molecule has 29 heavy (non-hydrogen) atoms. The highest BCUT2D eigenvalue weighted by atomic mass is 32.2. The van der Waals surface area contributed by atoms with Crippen LogP contribution >= 0.6 is 0 Å². The van der Waals surface area contributed by atoms with E-state index in [1.807, 2.05) is 0 Å². The third-order valence-electron chi connectivity index (χ3n) is 5.35. The van der Waals surface area contributed by atoms with Crippen molar-refractivity contribution in [2.24, 2.45) is 5.92 Å². The number of tetrazole rings is 1. The first-order valence-corrected chi connectivity index (χ1v) is 10.2. The Morgan fingerprint density at radius 2 is 2.31 bits per heavy atom. The van der Waals surface area contributed by atoms with Gasteiger partial charge in [0.2, 0.25) is 0 Å². The SMILES string of the molecule is O=C(NOC[C@@H]1C[C@@H](Cn2ncnn2)CN1)C1CCC2CN1C(=O)N2OS(=O)[O-]. The maximum Gasteiger partial charge on any atom is 0.346 e. The lowest BCUT2D eigenvalue weighted by Gasteiger charge is -2.29. The van der Waals surface area contributed by atoms with Crippen molar-refractivity contribution in [2.45, 2.75) is 43.9 Å². The van der Waals surface area contributed by atoms with E-state index in [4.69, 9.17) is 4.84 Å². The monoisotopic (exact) mass is 429 g/mol. The molecule has 14 nitrogen and oxygen atoms in total. The minimum atomic E-state index is -2.84. The number of piperidine rings is 1. The van der Waals surface area contributed by atoms with Crippen molar-refractivity contribution >= 4 is 23.3 Å². The number of nitrogens with zero attached hydrogens (tertiary/aromatic N) is 6. The van der Waals surface area contributed by atoms with Gasteiger partial charge in [0, 0.05) is 19.1 Å². The van der Waals surface area contributed by atoms with Gasteiger partial charge < -0.3 is 14.8 Å². The van der Waals surface area contributed by atoms with E-state index < -0.39 is 29.3 Å². The Morgan fingerprint density at radius 1 is 1.45 bits per heavy atom. The third-order valence-corrected chi connectivity index (χ3v) is 5.63. The zero-order valence-electron chi connectivity index (χ0n) is 15.4. The molecule has 0 aromatic carbocycles. The third kappa shape index (κ3) is 4.53. The van der Waals surface area contributed by atoms with Crippen LogP contribution in [0.3, 0.4) is 0 Å². The van der Waals surface area contributed by atoms with Crippen molar-refractivity contribution in [1.29, 1.82) is 0 Å². The fraction of sp³-hybridized carbons (Fsp3) is 0.786. The van der Waals surface area contributed by atoms with Crippen LogP contribution in [0, 0.1) is 5.92 Å². The van der Waals surface area contributed by atoms with Crippen LogP contribution in [-0.4, -0.2) is 88.7 Å². The van der Waals surface area contributed by atoms with Crippen molar-refractivity contribution in [3.63, 3.8) is 0 Å². The van der Waals surface area contributed by atoms with Gasteiger partial charge in [-0.1, -0.05) is 0 Å². The van der Waals surface area contributed by atoms with E-state index in [0.717, 1.165) is 18.0 Å². The maximum absolute atomic E-state index is 12.5. The molecule has 0 aliphatic carbocycles. The van der Waals surface area contributed by atoms with Gasteiger partial charge in [-0.05, 0) is 30.4 Å². The number of hydrogen-bond donors (Lipinski definition) is 2. The number of rotatable bonds is 8. The Morgan fingerprint density at radius 3 is 3.07 bits per heavy atom. The molecular weight excluding hydrogens is 408 g/mol. The summed E-state index contributed by atoms with van der Waals surface area (Å²) in [6.07, 6.45) is 3.08. The van der Waals surface area contributed by atoms with E-state index in [1.165, 1.54) is 16.0 Å². The van der Waals surface area contributed by atoms with Gasteiger partial charge in [0.25, 0.3) is 5.91 Å². The number of hydrogen-bond acceptors (Lipinski definition) is 10. The van der Waals surface area contributed by atoms with Gasteiger partial charge in [-0.25, -0.2) is 14.5 Å². The van der Waals surface area contributed by atoms with Crippen molar-refractivity contribution in [1.82, 2.24) is 41.0 Å². The molecule has 3 fully saturated rings. The van der Waals surface area contributed by atoms with E-state index in [0.29, 0.717) is 25.3 Å². The highest BCUT2D eigenvalue weighted by molar-refractivity contribution is 7.74. The first-order valence-electron chi connectivity index (χ1n) is 9.24. The van der Waals surface area contributed by atoms with Crippen molar-refractivity contribution in [2.75, 3.05) is 19.7 Å². The van der Waals surface area contributed by atoms with Gasteiger partial charge >= 0.3 is 6.03 Å². The van der Waals surface area contributed by atoms with E-state index in [-0.39, 0.29) is 25.2 Å². The summed E-state index contributed by atoms with van der Waals surface area (Å²) in [5.74, 6) is -0.105. The van der Waals surface area contributed by atoms with Crippen LogP contribution in [0.15, 0.2) is 6.33 Å². The van der Waals surface area contributed by atoms with Crippen LogP contribution in [0.4, 0.5) is 4.79 Å². The van der Waals surface area contributed by atoms with Gasteiger partial charge in [0.15, 0.2) is 6.33 Å². The van der Waals surface area contributed by atoms with Gasteiger partial charge in [0.05, 0.1) is 19.2 Å². The number of nitrogens with one attached hydrogen (secondary N) is 2. The second-order valence-corrected chi connectivity index (χ2v) is 7.82. The number of urea groups is 1. The van der Waals surface area contributed by atoms with Crippen molar-refractivity contribution < 1.29 is 27.5 Å². The molecule has 3 saturated heterocycles. The summed E-state index contributed by atoms with van der Waals surface area (Å²) in [5.41, 5.74) is 2.40. The van der Waals surface area contributed by atoms with Crippen LogP contribution in [0.1, 0.15) is 19.3 Å². The molecule has 4 rings (SSSR count). The molecule has 160 valence electrons. The minimum absolute atomic E-state index is 0.0731. The summed E-state index contributed by atoms with van der Waals surface area (Å²) in [5, 5.41) is 15.6. The van der Waals surface area contributed by atoms with Crippen LogP contribution in [0.2, 0.25) is 0 Å². The van der Waals surface area contributed by atoms with Crippen LogP contribution in [-0.2, 0) is 31.8 Å². The second kappa shape index (κ2) is 8.66. The standard InChI is InChI=1S/C14H22N8O6S/c23-13(12-2-1-11-6-20(12)14(24)22(11)28-29(25)26)18-27-7-10-3-9(4-15-10)5-21-17-8-16-19-21/h8-12,15H,1-7H2,(H,18,23)(H,25,26)/p-1/t9-,10+,11?,12?/m1/s1. The quantitative estimate of drug-likeness (QED) is 0.338. The number of amides is 3. The molecule has 2 N–H and O–H groups in total. The van der Waals surface area contributed by atoms with Crippen LogP contribution in [0.25, 0.3) is 0 Å². The number of fused-ring (bicyclic) bond motifs is 2. The molecule has 0 saturated carbocycles. The van der Waals surface area contributed by atoms with Crippen LogP contribution in [0.5, 0.6) is 0 Å². The lowest BCUT2D eigenvalue weighted by atomic mass is 10.0. The van der Waals surface area contributed by atoms with Gasteiger partial charge in [-0.15, -0.1) is 10.2 Å². The average molecular weight is 429 g/mol. The highest BCUT2D eigenvalue weighted by Gasteiger charge is 2.48.